The number of amides is 2. The first-order valence-electron chi connectivity index (χ1n) is 10.0. The van der Waals surface area contributed by atoms with Crippen LogP contribution in [0.2, 0.25) is 0 Å². The predicted octanol–water partition coefficient (Wildman–Crippen LogP) is 4.46. The van der Waals surface area contributed by atoms with Crippen LogP contribution in [0, 0.1) is 5.41 Å². The molecule has 0 radical (unpaired) electrons. The molecule has 1 aliphatic carbocycles. The third-order valence-electron chi connectivity index (χ3n) is 5.77. The summed E-state index contributed by atoms with van der Waals surface area (Å²) in [5.74, 6) is -3.17. The van der Waals surface area contributed by atoms with Crippen LogP contribution in [0.25, 0.3) is 0 Å². The number of allylic oxidation sites excluding steroid dienone is 1. The molecule has 0 bridgehead atoms. The number of carbonyl (C=O) groups is 3. The van der Waals surface area contributed by atoms with E-state index in [1.165, 1.54) is 12.1 Å². The van der Waals surface area contributed by atoms with Crippen molar-refractivity contribution in [1.29, 1.82) is 0 Å². The van der Waals surface area contributed by atoms with E-state index in [-0.39, 0.29) is 30.0 Å². The molecule has 2 aliphatic rings. The first kappa shape index (κ1) is 22.3. The lowest BCUT2D eigenvalue weighted by Gasteiger charge is -2.35. The third kappa shape index (κ3) is 3.54. The number of alkyl halides is 3. The summed E-state index contributed by atoms with van der Waals surface area (Å²) in [4.78, 5) is 40.4. The largest absolute Gasteiger partial charge is 0.425 e. The number of Topliss-reactive ketones (excluding diaryl/α,β-unsaturated/α-hetero) is 1. The minimum absolute atomic E-state index is 0.0219. The minimum atomic E-state index is -5.21. The van der Waals surface area contributed by atoms with E-state index in [4.69, 9.17) is 0 Å². The van der Waals surface area contributed by atoms with Crippen LogP contribution in [0.15, 0.2) is 59.1 Å². The molecule has 4 rings (SSSR count). The first-order chi connectivity index (χ1) is 15.0. The normalized spacial score (nSPS) is 22.8. The Morgan fingerprint density at radius 1 is 1.09 bits per heavy atom. The number of ketones is 1. The van der Waals surface area contributed by atoms with E-state index in [1.807, 2.05) is 5.32 Å². The van der Waals surface area contributed by atoms with Crippen molar-refractivity contribution in [3.63, 3.8) is 0 Å². The zero-order valence-electron chi connectivity index (χ0n) is 17.5. The second-order valence-corrected chi connectivity index (χ2v) is 9.77. The van der Waals surface area contributed by atoms with Crippen LogP contribution in [-0.4, -0.2) is 34.2 Å². The molecule has 32 heavy (non-hydrogen) atoms. The highest BCUT2D eigenvalue weighted by atomic mass is 32.1. The fraction of sp³-hybridized carbons (Fsp3) is 0.348. The monoisotopic (exact) mass is 462 g/mol. The Kier molecular flexibility index (Phi) is 5.27. The zero-order chi connectivity index (χ0) is 23.3. The van der Waals surface area contributed by atoms with Crippen LogP contribution >= 0.6 is 11.3 Å². The second-order valence-electron chi connectivity index (χ2n) is 8.82. The molecule has 1 aromatic heterocycles. The molecule has 1 aromatic carbocycles. The second kappa shape index (κ2) is 7.58. The lowest BCUT2D eigenvalue weighted by molar-refractivity contribution is -0.190. The molecule has 2 aromatic rings. The van der Waals surface area contributed by atoms with E-state index in [0.717, 1.165) is 16.2 Å². The van der Waals surface area contributed by atoms with Gasteiger partial charge in [0, 0.05) is 12.1 Å². The quantitative estimate of drug-likeness (QED) is 0.730. The van der Waals surface area contributed by atoms with Crippen molar-refractivity contribution in [3.05, 3.63) is 69.6 Å². The Morgan fingerprint density at radius 2 is 1.78 bits per heavy atom. The van der Waals surface area contributed by atoms with Crippen molar-refractivity contribution in [3.8, 4) is 0 Å². The molecular weight excluding hydrogens is 441 g/mol. The number of rotatable bonds is 4. The van der Waals surface area contributed by atoms with Gasteiger partial charge in [0.2, 0.25) is 5.54 Å². The summed E-state index contributed by atoms with van der Waals surface area (Å²) in [5, 5.41) is 3.48. The van der Waals surface area contributed by atoms with Crippen LogP contribution in [0.3, 0.4) is 0 Å². The van der Waals surface area contributed by atoms with Gasteiger partial charge >= 0.3 is 6.18 Å². The number of halogens is 3. The van der Waals surface area contributed by atoms with Crippen LogP contribution in [-0.2, 0) is 16.1 Å². The van der Waals surface area contributed by atoms with Crippen molar-refractivity contribution in [2.24, 2.45) is 5.41 Å². The number of hydrogen-bond acceptors (Lipinski definition) is 4. The molecule has 9 heteroatoms. The molecule has 1 atom stereocenters. The SMILES string of the molecule is CC1(C)CC(=O)C2=C(C1)N(Cc1ccccc1)C(=O)[C@]2(NC(=O)c1cccs1)C(F)(F)F. The molecule has 0 fully saturated rings. The molecule has 0 saturated heterocycles. The summed E-state index contributed by atoms with van der Waals surface area (Å²) in [7, 11) is 0. The molecule has 0 unspecified atom stereocenters. The lowest BCUT2D eigenvalue weighted by Crippen LogP contribution is -2.66. The van der Waals surface area contributed by atoms with Gasteiger partial charge in [0.05, 0.1) is 17.0 Å². The fourth-order valence-electron chi connectivity index (χ4n) is 4.40. The molecule has 2 heterocycles. The van der Waals surface area contributed by atoms with Crippen molar-refractivity contribution in [2.75, 3.05) is 0 Å². The topological polar surface area (TPSA) is 66.5 Å². The Hall–Kier alpha value is -2.94. The molecule has 2 amide bonds. The van der Waals surface area contributed by atoms with Crippen LogP contribution in [0.1, 0.15) is 41.9 Å². The Morgan fingerprint density at radius 3 is 2.38 bits per heavy atom. The maximum atomic E-state index is 14.7. The maximum Gasteiger partial charge on any atom is 0.425 e. The number of nitrogens with one attached hydrogen (secondary N) is 1. The van der Waals surface area contributed by atoms with E-state index in [2.05, 4.69) is 0 Å². The highest BCUT2D eigenvalue weighted by Gasteiger charge is 2.71. The number of thiophene rings is 1. The van der Waals surface area contributed by atoms with Gasteiger partial charge in [-0.1, -0.05) is 50.2 Å². The minimum Gasteiger partial charge on any atom is -0.326 e. The number of benzene rings is 1. The summed E-state index contributed by atoms with van der Waals surface area (Å²) < 4.78 is 44.0. The van der Waals surface area contributed by atoms with Crippen LogP contribution in [0.4, 0.5) is 13.2 Å². The maximum absolute atomic E-state index is 14.7. The van der Waals surface area contributed by atoms with E-state index in [9.17, 15) is 27.6 Å². The summed E-state index contributed by atoms with van der Waals surface area (Å²) >= 11 is 0.953. The Labute approximate surface area is 186 Å². The van der Waals surface area contributed by atoms with Crippen LogP contribution in [0.5, 0.6) is 0 Å². The van der Waals surface area contributed by atoms with E-state index >= 15 is 0 Å². The Bertz CT molecular complexity index is 1110. The molecule has 1 N–H and O–H groups in total. The lowest BCUT2D eigenvalue weighted by atomic mass is 9.72. The highest BCUT2D eigenvalue weighted by Crippen LogP contribution is 2.52. The van der Waals surface area contributed by atoms with Crippen LogP contribution < -0.4 is 5.32 Å². The van der Waals surface area contributed by atoms with Gasteiger partial charge < -0.3 is 10.2 Å². The molecule has 0 spiro atoms. The van der Waals surface area contributed by atoms with Gasteiger partial charge in [-0.2, -0.15) is 13.2 Å². The van der Waals surface area contributed by atoms with Crippen molar-refractivity contribution < 1.29 is 27.6 Å². The Balaban J connectivity index is 1.88. The van der Waals surface area contributed by atoms with Gasteiger partial charge in [-0.05, 0) is 28.8 Å². The predicted molar refractivity (Wildman–Crippen MR) is 113 cm³/mol. The van der Waals surface area contributed by atoms with Crippen molar-refractivity contribution in [2.45, 2.75) is 44.9 Å². The van der Waals surface area contributed by atoms with Gasteiger partial charge in [-0.15, -0.1) is 11.3 Å². The van der Waals surface area contributed by atoms with Crippen molar-refractivity contribution in [1.82, 2.24) is 10.2 Å². The van der Waals surface area contributed by atoms with Gasteiger partial charge in [0.15, 0.2) is 5.78 Å². The summed E-state index contributed by atoms with van der Waals surface area (Å²) in [6.45, 7) is 3.42. The summed E-state index contributed by atoms with van der Waals surface area (Å²) in [5.41, 5.74) is -4.04. The third-order valence-corrected chi connectivity index (χ3v) is 6.64. The van der Waals surface area contributed by atoms with E-state index in [1.54, 1.807) is 49.6 Å². The average Bonchev–Trinajstić information content (AvgIpc) is 3.30. The molecule has 5 nitrogen and oxygen atoms in total. The smallest absolute Gasteiger partial charge is 0.326 e. The number of nitrogens with zero attached hydrogens (tertiary/aromatic N) is 1. The van der Waals surface area contributed by atoms with Gasteiger partial charge in [0.25, 0.3) is 11.8 Å². The molecule has 1 aliphatic heterocycles. The van der Waals surface area contributed by atoms with Gasteiger partial charge in [-0.25, -0.2) is 0 Å². The average molecular weight is 462 g/mol. The molecule has 0 saturated carbocycles. The number of carbonyl (C=O) groups excluding carboxylic acids is 3. The fourth-order valence-corrected chi connectivity index (χ4v) is 5.02. The van der Waals surface area contributed by atoms with Gasteiger partial charge in [-0.3, -0.25) is 14.4 Å². The zero-order valence-corrected chi connectivity index (χ0v) is 18.3. The first-order valence-corrected chi connectivity index (χ1v) is 10.9. The summed E-state index contributed by atoms with van der Waals surface area (Å²) in [6.07, 6.45) is -5.25. The van der Waals surface area contributed by atoms with E-state index < -0.39 is 40.3 Å². The molecule has 168 valence electrons. The standard InChI is InChI=1S/C23H21F3N2O3S/c1-21(2)11-15-18(16(29)12-21)22(23(24,25)26,27-19(30)17-9-6-10-32-17)20(31)28(15)13-14-7-4-3-5-8-14/h3-10H,11-13H2,1-2H3,(H,27,30)/t22-/m0/s1. The van der Waals surface area contributed by atoms with E-state index in [0.29, 0.717) is 5.56 Å². The highest BCUT2D eigenvalue weighted by molar-refractivity contribution is 7.12. The van der Waals surface area contributed by atoms with Gasteiger partial charge in [0.1, 0.15) is 0 Å². The molecular formula is C23H21F3N2O3S. The van der Waals surface area contributed by atoms with Crippen molar-refractivity contribution >= 4 is 28.9 Å². The summed E-state index contributed by atoms with van der Waals surface area (Å²) in [6, 6.07) is 11.5. The number of hydrogen-bond donors (Lipinski definition) is 1.